The molecule has 1 atom stereocenters. The summed E-state index contributed by atoms with van der Waals surface area (Å²) in [7, 11) is 5.75. The highest BCUT2D eigenvalue weighted by atomic mass is 16.5. The number of hydrogen-bond acceptors (Lipinski definition) is 8. The third kappa shape index (κ3) is 6.13. The van der Waals surface area contributed by atoms with E-state index in [1.807, 2.05) is 84.9 Å². The molecule has 0 bridgehead atoms. The Bertz CT molecular complexity index is 1720. The Labute approximate surface area is 268 Å². The van der Waals surface area contributed by atoms with E-state index in [0.29, 0.717) is 29.3 Å². The monoisotopic (exact) mass is 622 g/mol. The van der Waals surface area contributed by atoms with E-state index < -0.39 is 23.5 Å². The lowest BCUT2D eigenvalue weighted by Gasteiger charge is -2.34. The number of benzene rings is 3. The molecule has 0 amide bonds. The molecule has 238 valence electrons. The molecule has 0 aliphatic heterocycles. The van der Waals surface area contributed by atoms with Crippen LogP contribution in [-0.4, -0.2) is 46.2 Å². The Kier molecular flexibility index (Phi) is 9.87. The van der Waals surface area contributed by atoms with E-state index >= 15 is 0 Å². The Morgan fingerprint density at radius 2 is 1.39 bits per heavy atom. The van der Waals surface area contributed by atoms with Gasteiger partial charge < -0.3 is 28.2 Å². The van der Waals surface area contributed by atoms with Crippen LogP contribution in [-0.2, 0) is 35.0 Å². The zero-order valence-corrected chi connectivity index (χ0v) is 26.8. The number of fused-ring (bicyclic) bond motifs is 1. The van der Waals surface area contributed by atoms with Crippen molar-refractivity contribution in [1.82, 2.24) is 0 Å². The van der Waals surface area contributed by atoms with Crippen LogP contribution in [0.25, 0.3) is 22.5 Å². The molecule has 1 aliphatic carbocycles. The van der Waals surface area contributed by atoms with Crippen LogP contribution < -0.4 is 4.74 Å². The molecule has 4 aromatic rings. The first kappa shape index (κ1) is 32.4. The summed E-state index contributed by atoms with van der Waals surface area (Å²) >= 11 is 0. The first-order valence-corrected chi connectivity index (χ1v) is 15.1. The number of methoxy groups -OCH3 is 4. The third-order valence-electron chi connectivity index (χ3n) is 8.58. The van der Waals surface area contributed by atoms with Gasteiger partial charge in [0.05, 0.1) is 21.3 Å². The molecule has 0 N–H and O–H groups in total. The maximum Gasteiger partial charge on any atom is 0.324 e. The Morgan fingerprint density at radius 1 is 0.783 bits per heavy atom. The normalized spacial score (nSPS) is 15.3. The minimum atomic E-state index is -1.72. The summed E-state index contributed by atoms with van der Waals surface area (Å²) in [6.07, 6.45) is -0.0889. The largest absolute Gasteiger partial charge is 0.497 e. The average Bonchev–Trinajstić information content (AvgIpc) is 3.47. The van der Waals surface area contributed by atoms with Gasteiger partial charge in [0.15, 0.2) is 5.41 Å². The fourth-order valence-corrected chi connectivity index (χ4v) is 6.36. The summed E-state index contributed by atoms with van der Waals surface area (Å²) in [5.74, 6) is 0.206. The molecule has 3 aromatic carbocycles. The highest BCUT2D eigenvalue weighted by Gasteiger charge is 2.54. The molecule has 0 radical (unpaired) electrons. The van der Waals surface area contributed by atoms with Crippen molar-refractivity contribution in [3.05, 3.63) is 113 Å². The molecular weight excluding hydrogens is 584 g/mol. The zero-order chi connectivity index (χ0) is 32.8. The summed E-state index contributed by atoms with van der Waals surface area (Å²) in [5.41, 5.74) is 3.78. The summed E-state index contributed by atoms with van der Waals surface area (Å²) in [4.78, 5) is 39.7. The lowest BCUT2D eigenvalue weighted by atomic mass is 9.68. The summed E-state index contributed by atoms with van der Waals surface area (Å²) in [6.45, 7) is 1.54. The number of carbonyl (C=O) groups excluding carboxylic acids is 3. The molecule has 0 unspecified atom stereocenters. The number of ether oxygens (including phenoxy) is 4. The second kappa shape index (κ2) is 14.0. The lowest BCUT2D eigenvalue weighted by Crippen LogP contribution is -2.45. The van der Waals surface area contributed by atoms with Crippen molar-refractivity contribution >= 4 is 28.9 Å². The van der Waals surface area contributed by atoms with E-state index in [1.165, 1.54) is 14.2 Å². The maximum absolute atomic E-state index is 13.6. The fourth-order valence-electron chi connectivity index (χ4n) is 6.36. The van der Waals surface area contributed by atoms with Gasteiger partial charge in [-0.05, 0) is 47.8 Å². The topological polar surface area (TPSA) is 101 Å². The highest BCUT2D eigenvalue weighted by molar-refractivity contribution is 6.06. The second-order valence-corrected chi connectivity index (χ2v) is 11.3. The van der Waals surface area contributed by atoms with Crippen LogP contribution in [0, 0.1) is 5.41 Å². The third-order valence-corrected chi connectivity index (χ3v) is 8.58. The number of allylic oxidation sites excluding steroid dienone is 2. The average molecular weight is 623 g/mol. The summed E-state index contributed by atoms with van der Waals surface area (Å²) in [6, 6.07) is 27.0. The van der Waals surface area contributed by atoms with Crippen molar-refractivity contribution in [2.24, 2.45) is 5.41 Å². The van der Waals surface area contributed by atoms with Crippen LogP contribution in [0.4, 0.5) is 0 Å². The van der Waals surface area contributed by atoms with Gasteiger partial charge in [-0.2, -0.15) is 0 Å². The van der Waals surface area contributed by atoms with E-state index in [0.717, 1.165) is 33.4 Å². The van der Waals surface area contributed by atoms with Gasteiger partial charge in [-0.15, -0.1) is 0 Å². The molecule has 0 saturated heterocycles. The molecule has 8 heteroatoms. The smallest absolute Gasteiger partial charge is 0.324 e. The number of rotatable bonds is 11. The predicted molar refractivity (Wildman–Crippen MR) is 174 cm³/mol. The van der Waals surface area contributed by atoms with Gasteiger partial charge in [-0.25, -0.2) is 0 Å². The number of hydrogen-bond donors (Lipinski definition) is 0. The maximum atomic E-state index is 13.6. The van der Waals surface area contributed by atoms with Crippen LogP contribution in [0.15, 0.2) is 89.3 Å². The van der Waals surface area contributed by atoms with Crippen molar-refractivity contribution in [3.63, 3.8) is 0 Å². The van der Waals surface area contributed by atoms with Crippen LogP contribution in [0.2, 0.25) is 0 Å². The van der Waals surface area contributed by atoms with Crippen LogP contribution >= 0.6 is 0 Å². The molecule has 0 saturated carbocycles. The van der Waals surface area contributed by atoms with Crippen molar-refractivity contribution in [3.8, 4) is 17.1 Å². The van der Waals surface area contributed by atoms with Gasteiger partial charge in [-0.3, -0.25) is 9.59 Å². The van der Waals surface area contributed by atoms with Crippen LogP contribution in [0.1, 0.15) is 60.3 Å². The van der Waals surface area contributed by atoms with E-state index in [2.05, 4.69) is 0 Å². The van der Waals surface area contributed by atoms with E-state index in [1.54, 1.807) is 21.1 Å². The molecule has 1 heterocycles. The van der Waals surface area contributed by atoms with Crippen molar-refractivity contribution in [2.75, 3.05) is 28.4 Å². The van der Waals surface area contributed by atoms with Gasteiger partial charge in [0, 0.05) is 43.1 Å². The summed E-state index contributed by atoms with van der Waals surface area (Å²) in [5, 5.41) is 0. The summed E-state index contributed by atoms with van der Waals surface area (Å²) < 4.78 is 28.9. The first-order chi connectivity index (χ1) is 22.3. The van der Waals surface area contributed by atoms with Gasteiger partial charge in [0.25, 0.3) is 0 Å². The van der Waals surface area contributed by atoms with Crippen LogP contribution in [0.3, 0.4) is 0 Å². The molecule has 8 nitrogen and oxygen atoms in total. The Morgan fingerprint density at radius 3 is 1.93 bits per heavy atom. The van der Waals surface area contributed by atoms with Crippen molar-refractivity contribution in [1.29, 1.82) is 0 Å². The Hall–Kier alpha value is -4.95. The number of Topliss-reactive ketones (excluding diaryl/α,β-unsaturated/α-hetero) is 1. The van der Waals surface area contributed by atoms with E-state index in [4.69, 9.17) is 23.4 Å². The first-order valence-electron chi connectivity index (χ1n) is 15.1. The lowest BCUT2D eigenvalue weighted by molar-refractivity contribution is -0.169. The molecular formula is C38H38O8. The zero-order valence-electron chi connectivity index (χ0n) is 26.8. The SMILES string of the molecule is COC(=O)C1(C(=O)OC)C/C(=C(/CCC(C)=O)c2ccc(OC)cc2)c2c(oc(-c3ccccc3)c2[C@H](OC)c2ccccc2)C1. The quantitative estimate of drug-likeness (QED) is 0.127. The number of ketones is 1. The van der Waals surface area contributed by atoms with Gasteiger partial charge in [-0.1, -0.05) is 72.8 Å². The van der Waals surface area contributed by atoms with Crippen molar-refractivity contribution in [2.45, 2.75) is 38.7 Å². The number of esters is 2. The predicted octanol–water partition coefficient (Wildman–Crippen LogP) is 7.25. The molecule has 46 heavy (non-hydrogen) atoms. The molecule has 5 rings (SSSR count). The number of furan rings is 1. The minimum Gasteiger partial charge on any atom is -0.497 e. The second-order valence-electron chi connectivity index (χ2n) is 11.3. The minimum absolute atomic E-state index is 0.00582. The standard InChI is InChI=1S/C38H38O8/c1-24(39)16-21-29(25-17-19-28(42-2)20-18-25)30-22-38(36(40)44-4,37(41)45-5)23-31-32(30)33(34(43-3)26-12-8-6-9-13-26)35(46-31)27-14-10-7-11-15-27/h6-15,17-20,34H,16,21-23H2,1-5H3/b30-29+/t34-/m1/s1. The molecule has 0 fully saturated rings. The Balaban J connectivity index is 1.93. The van der Waals surface area contributed by atoms with Gasteiger partial charge >= 0.3 is 11.9 Å². The van der Waals surface area contributed by atoms with E-state index in [-0.39, 0.29) is 25.0 Å². The van der Waals surface area contributed by atoms with Gasteiger partial charge in [0.2, 0.25) is 0 Å². The highest BCUT2D eigenvalue weighted by Crippen LogP contribution is 2.53. The molecule has 0 spiro atoms. The molecule has 1 aliphatic rings. The molecule has 1 aromatic heterocycles. The van der Waals surface area contributed by atoms with Crippen LogP contribution in [0.5, 0.6) is 5.75 Å². The fraction of sp³-hybridized carbons (Fsp3) is 0.289. The van der Waals surface area contributed by atoms with Crippen molar-refractivity contribution < 1.29 is 37.7 Å². The van der Waals surface area contributed by atoms with E-state index in [9.17, 15) is 14.4 Å². The number of carbonyl (C=O) groups is 3. The van der Waals surface area contributed by atoms with Gasteiger partial charge in [0.1, 0.15) is 29.2 Å².